The lowest BCUT2D eigenvalue weighted by Crippen LogP contribution is -2.51. The Morgan fingerprint density at radius 3 is 2.05 bits per heavy atom. The molecule has 0 radical (unpaired) electrons. The summed E-state index contributed by atoms with van der Waals surface area (Å²) in [6.07, 6.45) is -12.9. The molecule has 1 aliphatic heterocycles. The Labute approximate surface area is 231 Å². The van der Waals surface area contributed by atoms with Crippen molar-refractivity contribution in [3.05, 3.63) is 83.2 Å². The van der Waals surface area contributed by atoms with Crippen molar-refractivity contribution in [1.82, 2.24) is 4.90 Å². The van der Waals surface area contributed by atoms with Gasteiger partial charge in [0, 0.05) is 5.92 Å². The summed E-state index contributed by atoms with van der Waals surface area (Å²) < 4.78 is 106. The Kier molecular flexibility index (Phi) is 9.11. The zero-order valence-corrected chi connectivity index (χ0v) is 22.2. The Morgan fingerprint density at radius 2 is 1.61 bits per heavy atom. The van der Waals surface area contributed by atoms with Crippen molar-refractivity contribution in [1.29, 1.82) is 0 Å². The maximum atomic E-state index is 13.8. The van der Waals surface area contributed by atoms with E-state index in [-0.39, 0.29) is 12.5 Å². The zero-order valence-electron chi connectivity index (χ0n) is 22.2. The molecule has 1 aliphatic rings. The molecule has 3 rings (SSSR count). The van der Waals surface area contributed by atoms with E-state index in [1.165, 1.54) is 32.1 Å². The second-order valence-corrected chi connectivity index (χ2v) is 10.0. The molecule has 1 fully saturated rings. The summed E-state index contributed by atoms with van der Waals surface area (Å²) in [5.74, 6) is -2.41. The number of rotatable bonds is 8. The van der Waals surface area contributed by atoms with Crippen molar-refractivity contribution in [2.24, 2.45) is 5.41 Å². The van der Waals surface area contributed by atoms with Crippen molar-refractivity contribution >= 4 is 12.1 Å². The quantitative estimate of drug-likeness (QED) is 0.200. The van der Waals surface area contributed by atoms with Crippen LogP contribution in [-0.2, 0) is 26.6 Å². The highest BCUT2D eigenvalue weighted by atomic mass is 19.4. The van der Waals surface area contributed by atoms with Crippen molar-refractivity contribution in [3.8, 4) is 0 Å². The van der Waals surface area contributed by atoms with Gasteiger partial charge in [-0.1, -0.05) is 18.2 Å². The number of ether oxygens (including phenoxy) is 2. The van der Waals surface area contributed by atoms with Crippen LogP contribution < -0.4 is 0 Å². The van der Waals surface area contributed by atoms with E-state index in [1.807, 2.05) is 0 Å². The molecule has 2 aromatic rings. The molecule has 0 spiro atoms. The Bertz CT molecular complexity index is 1250. The summed E-state index contributed by atoms with van der Waals surface area (Å²) in [6.45, 7) is 5.92. The van der Waals surface area contributed by atoms with Crippen LogP contribution in [0.25, 0.3) is 0 Å². The minimum atomic E-state index is -5.09. The highest BCUT2D eigenvalue weighted by Crippen LogP contribution is 2.48. The molecular weight excluding hydrogens is 563 g/mol. The molecule has 1 amide bonds. The van der Waals surface area contributed by atoms with E-state index in [2.05, 4.69) is 6.58 Å². The SMILES string of the molecule is C=CCC(C)(C(=O)OC)[C@H]1[C@H](c2ccc(F)cc2)[C@@H](O[C@H](C)c2cc(C(F)(F)F)cc(C(F)(F)F)c2)CN1C(=O)O. The van der Waals surface area contributed by atoms with Crippen LogP contribution >= 0.6 is 0 Å². The van der Waals surface area contributed by atoms with Crippen LogP contribution in [0.15, 0.2) is 55.1 Å². The number of methoxy groups -OCH3 is 1. The van der Waals surface area contributed by atoms with Gasteiger partial charge < -0.3 is 19.5 Å². The summed E-state index contributed by atoms with van der Waals surface area (Å²) >= 11 is 0. The number of halogens is 7. The molecule has 0 aromatic heterocycles. The number of amides is 1. The molecule has 0 bridgehead atoms. The lowest BCUT2D eigenvalue weighted by atomic mass is 9.71. The van der Waals surface area contributed by atoms with Crippen LogP contribution in [0.1, 0.15) is 54.5 Å². The van der Waals surface area contributed by atoms with Gasteiger partial charge in [0.1, 0.15) is 5.82 Å². The van der Waals surface area contributed by atoms with E-state index in [1.54, 1.807) is 0 Å². The fourth-order valence-corrected chi connectivity index (χ4v) is 5.38. The third-order valence-corrected chi connectivity index (χ3v) is 7.28. The number of hydrogen-bond acceptors (Lipinski definition) is 4. The number of hydrogen-bond donors (Lipinski definition) is 1. The summed E-state index contributed by atoms with van der Waals surface area (Å²) in [6, 6.07) is 4.75. The molecule has 13 heteroatoms. The second kappa shape index (κ2) is 11.7. The van der Waals surface area contributed by atoms with Gasteiger partial charge in [0.25, 0.3) is 0 Å². The van der Waals surface area contributed by atoms with Gasteiger partial charge in [0.05, 0.1) is 48.4 Å². The molecule has 2 aromatic carbocycles. The predicted molar refractivity (Wildman–Crippen MR) is 132 cm³/mol. The van der Waals surface area contributed by atoms with E-state index in [0.29, 0.717) is 17.7 Å². The van der Waals surface area contributed by atoms with Crippen LogP contribution in [0, 0.1) is 11.2 Å². The highest BCUT2D eigenvalue weighted by molar-refractivity contribution is 5.79. The zero-order chi connectivity index (χ0) is 30.9. The maximum Gasteiger partial charge on any atom is 0.416 e. The smallest absolute Gasteiger partial charge is 0.416 e. The largest absolute Gasteiger partial charge is 0.469 e. The monoisotopic (exact) mass is 591 g/mol. The highest BCUT2D eigenvalue weighted by Gasteiger charge is 2.57. The Balaban J connectivity index is 2.15. The minimum absolute atomic E-state index is 0.00756. The predicted octanol–water partition coefficient (Wildman–Crippen LogP) is 7.21. The minimum Gasteiger partial charge on any atom is -0.469 e. The first-order valence-electron chi connectivity index (χ1n) is 12.3. The molecule has 5 atom stereocenters. The molecule has 0 aliphatic carbocycles. The van der Waals surface area contributed by atoms with Gasteiger partial charge in [-0.2, -0.15) is 26.3 Å². The van der Waals surface area contributed by atoms with E-state index in [9.17, 15) is 45.4 Å². The normalized spacial score (nSPS) is 21.7. The number of alkyl halides is 6. The first-order valence-corrected chi connectivity index (χ1v) is 12.3. The first kappa shape index (κ1) is 31.9. The van der Waals surface area contributed by atoms with Gasteiger partial charge >= 0.3 is 24.4 Å². The van der Waals surface area contributed by atoms with E-state index >= 15 is 0 Å². The molecule has 1 heterocycles. The third-order valence-electron chi connectivity index (χ3n) is 7.28. The number of carbonyl (C=O) groups is 2. The van der Waals surface area contributed by atoms with Gasteiger partial charge in [-0.3, -0.25) is 4.79 Å². The van der Waals surface area contributed by atoms with Crippen LogP contribution in [0.3, 0.4) is 0 Å². The number of benzene rings is 2. The van der Waals surface area contributed by atoms with E-state index in [0.717, 1.165) is 24.1 Å². The van der Waals surface area contributed by atoms with E-state index in [4.69, 9.17) is 9.47 Å². The Hall–Kier alpha value is -3.61. The summed E-state index contributed by atoms with van der Waals surface area (Å²) in [7, 11) is 1.11. The number of likely N-dealkylation sites (tertiary alicyclic amines) is 1. The standard InChI is InChI=1S/C28H28F7NO5/c1-5-10-26(3,24(37)40-4)23-22(16-6-8-20(29)9-7-16)21(14-36(23)25(38)39)41-15(2)17-11-18(27(30,31)32)13-19(12-17)28(33,34)35/h5-9,11-13,15,21-23H,1,10,14H2,2-4H3,(H,38,39)/t15-,21+,22-,23-,26?/m1/s1. The maximum absolute atomic E-state index is 13.8. The summed E-state index contributed by atoms with van der Waals surface area (Å²) in [5, 5.41) is 10.1. The van der Waals surface area contributed by atoms with Gasteiger partial charge in [-0.15, -0.1) is 6.58 Å². The molecule has 6 nitrogen and oxygen atoms in total. The number of nitrogens with zero attached hydrogens (tertiary/aromatic N) is 1. The lowest BCUT2D eigenvalue weighted by Gasteiger charge is -2.40. The van der Waals surface area contributed by atoms with Crippen LogP contribution in [0.5, 0.6) is 0 Å². The van der Waals surface area contributed by atoms with Crippen molar-refractivity contribution in [2.45, 2.75) is 56.8 Å². The average Bonchev–Trinajstić information content (AvgIpc) is 3.27. The number of carbonyl (C=O) groups excluding carboxylic acids is 1. The molecule has 1 unspecified atom stereocenters. The van der Waals surface area contributed by atoms with Gasteiger partial charge in [-0.05, 0) is 61.7 Å². The lowest BCUT2D eigenvalue weighted by molar-refractivity contribution is -0.155. The molecular formula is C28H28F7NO5. The van der Waals surface area contributed by atoms with Gasteiger partial charge in [0.15, 0.2) is 0 Å². The number of carboxylic acid groups (broad SMARTS) is 1. The molecule has 1 saturated heterocycles. The van der Waals surface area contributed by atoms with Crippen LogP contribution in [0.2, 0.25) is 0 Å². The molecule has 1 N–H and O–H groups in total. The van der Waals surface area contributed by atoms with Crippen LogP contribution in [-0.4, -0.2) is 47.9 Å². The number of esters is 1. The van der Waals surface area contributed by atoms with Crippen molar-refractivity contribution in [3.63, 3.8) is 0 Å². The first-order chi connectivity index (χ1) is 18.9. The summed E-state index contributed by atoms with van der Waals surface area (Å²) in [4.78, 5) is 26.3. The molecule has 41 heavy (non-hydrogen) atoms. The topological polar surface area (TPSA) is 76.1 Å². The fourth-order valence-electron chi connectivity index (χ4n) is 5.38. The fraction of sp³-hybridized carbons (Fsp3) is 0.429. The molecule has 0 saturated carbocycles. The third kappa shape index (κ3) is 6.66. The van der Waals surface area contributed by atoms with E-state index < -0.39 is 83.1 Å². The summed E-state index contributed by atoms with van der Waals surface area (Å²) in [5.41, 5.74) is -4.73. The second-order valence-electron chi connectivity index (χ2n) is 10.0. The Morgan fingerprint density at radius 1 is 1.07 bits per heavy atom. The van der Waals surface area contributed by atoms with Gasteiger partial charge in [0.2, 0.25) is 0 Å². The van der Waals surface area contributed by atoms with Crippen molar-refractivity contribution < 1.29 is 54.9 Å². The number of allylic oxidation sites excluding steroid dienone is 1. The molecule has 224 valence electrons. The van der Waals surface area contributed by atoms with Crippen molar-refractivity contribution in [2.75, 3.05) is 13.7 Å². The average molecular weight is 592 g/mol. The van der Waals surface area contributed by atoms with Crippen LogP contribution in [0.4, 0.5) is 35.5 Å². The van der Waals surface area contributed by atoms with Gasteiger partial charge in [-0.25, -0.2) is 9.18 Å².